The molecule has 2 fully saturated rings. The molecule has 148 valence electrons. The number of rotatable bonds is 6. The van der Waals surface area contributed by atoms with Crippen LogP contribution in [0.2, 0.25) is 0 Å². The van der Waals surface area contributed by atoms with Crippen molar-refractivity contribution in [2.75, 3.05) is 46.0 Å². The molecule has 0 bridgehead atoms. The Kier molecular flexibility index (Phi) is 7.18. The van der Waals surface area contributed by atoms with Gasteiger partial charge >= 0.3 is 18.0 Å². The summed E-state index contributed by atoms with van der Waals surface area (Å²) in [7, 11) is 0. The summed E-state index contributed by atoms with van der Waals surface area (Å²) in [4.78, 5) is 36.4. The highest BCUT2D eigenvalue weighted by molar-refractivity contribution is 5.75. The van der Waals surface area contributed by atoms with E-state index in [0.29, 0.717) is 26.1 Å². The molecule has 2 atom stereocenters. The molecule has 2 unspecified atom stereocenters. The van der Waals surface area contributed by atoms with E-state index < -0.39 is 35.8 Å². The fourth-order valence-corrected chi connectivity index (χ4v) is 2.52. The summed E-state index contributed by atoms with van der Waals surface area (Å²) in [6.07, 6.45) is -1.98. The number of carbonyl (C=O) groups is 3. The van der Waals surface area contributed by atoms with Crippen LogP contribution in [0.3, 0.4) is 0 Å². The van der Waals surface area contributed by atoms with E-state index in [1.165, 1.54) is 4.90 Å². The van der Waals surface area contributed by atoms with Crippen LogP contribution in [0.4, 0.5) is 4.79 Å². The number of carboxylic acid groups (broad SMARTS) is 1. The Labute approximate surface area is 151 Å². The summed E-state index contributed by atoms with van der Waals surface area (Å²) in [6.45, 7) is 5.40. The number of amides is 1. The quantitative estimate of drug-likeness (QED) is 0.598. The summed E-state index contributed by atoms with van der Waals surface area (Å²) in [5.74, 6) is -1.56. The average molecular weight is 374 g/mol. The molecule has 0 aromatic rings. The van der Waals surface area contributed by atoms with Gasteiger partial charge in [-0.15, -0.1) is 0 Å². The number of aliphatic carboxylic acids is 1. The first-order valence-electron chi connectivity index (χ1n) is 8.60. The van der Waals surface area contributed by atoms with Gasteiger partial charge in [0.2, 0.25) is 0 Å². The maximum Gasteiger partial charge on any atom is 0.410 e. The Morgan fingerprint density at radius 2 is 1.96 bits per heavy atom. The summed E-state index contributed by atoms with van der Waals surface area (Å²) in [5.41, 5.74) is -0.875. The van der Waals surface area contributed by atoms with Gasteiger partial charge in [-0.25, -0.2) is 14.4 Å². The average Bonchev–Trinajstić information content (AvgIpc) is 2.62. The van der Waals surface area contributed by atoms with Crippen molar-refractivity contribution in [3.05, 3.63) is 0 Å². The van der Waals surface area contributed by atoms with Gasteiger partial charge in [0, 0.05) is 26.1 Å². The molecule has 2 heterocycles. The zero-order chi connectivity index (χ0) is 19.2. The lowest BCUT2D eigenvalue weighted by Crippen LogP contribution is -2.50. The maximum absolute atomic E-state index is 12.2. The van der Waals surface area contributed by atoms with Crippen molar-refractivity contribution < 1.29 is 38.4 Å². The van der Waals surface area contributed by atoms with Gasteiger partial charge in [0.1, 0.15) is 5.60 Å². The molecule has 10 heteroatoms. The van der Waals surface area contributed by atoms with Crippen LogP contribution in [0.5, 0.6) is 0 Å². The Morgan fingerprint density at radius 1 is 1.23 bits per heavy atom. The van der Waals surface area contributed by atoms with Gasteiger partial charge in [-0.3, -0.25) is 0 Å². The number of carbonyl (C=O) groups excluding carboxylic acids is 2. The van der Waals surface area contributed by atoms with Crippen LogP contribution in [-0.4, -0.2) is 91.8 Å². The van der Waals surface area contributed by atoms with E-state index in [0.717, 1.165) is 0 Å². The lowest BCUT2D eigenvalue weighted by Gasteiger charge is -2.33. The van der Waals surface area contributed by atoms with Crippen LogP contribution in [0.25, 0.3) is 0 Å². The third-order valence-electron chi connectivity index (χ3n) is 4.10. The van der Waals surface area contributed by atoms with Gasteiger partial charge in [0.05, 0.1) is 26.4 Å². The molecule has 1 amide bonds. The molecular weight excluding hydrogens is 348 g/mol. The van der Waals surface area contributed by atoms with E-state index in [1.54, 1.807) is 13.8 Å². The van der Waals surface area contributed by atoms with E-state index in [-0.39, 0.29) is 26.3 Å². The van der Waals surface area contributed by atoms with Crippen molar-refractivity contribution >= 4 is 18.0 Å². The molecule has 2 rings (SSSR count). The van der Waals surface area contributed by atoms with E-state index in [9.17, 15) is 14.4 Å². The SMILES string of the molecule is CC(C)(CCOC(=O)C1CNCCO1)OC(=O)N1CCOC(C(=O)O)C1. The minimum atomic E-state index is -1.12. The van der Waals surface area contributed by atoms with E-state index in [2.05, 4.69) is 5.32 Å². The van der Waals surface area contributed by atoms with Crippen LogP contribution in [0.1, 0.15) is 20.3 Å². The number of nitrogens with one attached hydrogen (secondary N) is 1. The second-order valence-electron chi connectivity index (χ2n) is 6.75. The zero-order valence-corrected chi connectivity index (χ0v) is 15.1. The summed E-state index contributed by atoms with van der Waals surface area (Å²) in [6, 6.07) is 0. The molecule has 0 saturated carbocycles. The summed E-state index contributed by atoms with van der Waals surface area (Å²) >= 11 is 0. The fraction of sp³-hybridized carbons (Fsp3) is 0.812. The van der Waals surface area contributed by atoms with Crippen molar-refractivity contribution in [3.8, 4) is 0 Å². The number of hydrogen-bond acceptors (Lipinski definition) is 8. The van der Waals surface area contributed by atoms with Crippen molar-refractivity contribution in [2.45, 2.75) is 38.1 Å². The van der Waals surface area contributed by atoms with Gasteiger partial charge in [-0.1, -0.05) is 0 Å². The molecule has 0 aliphatic carbocycles. The van der Waals surface area contributed by atoms with Gasteiger partial charge in [-0.05, 0) is 13.8 Å². The van der Waals surface area contributed by atoms with E-state index in [4.69, 9.17) is 24.1 Å². The van der Waals surface area contributed by atoms with E-state index >= 15 is 0 Å². The minimum absolute atomic E-state index is 0.0642. The molecule has 0 aromatic carbocycles. The normalized spacial score (nSPS) is 24.0. The molecule has 2 aliphatic rings. The number of esters is 1. The van der Waals surface area contributed by atoms with Crippen molar-refractivity contribution in [3.63, 3.8) is 0 Å². The number of nitrogens with zero attached hydrogens (tertiary/aromatic N) is 1. The fourth-order valence-electron chi connectivity index (χ4n) is 2.52. The second kappa shape index (κ2) is 9.15. The number of ether oxygens (including phenoxy) is 4. The van der Waals surface area contributed by atoms with Crippen molar-refractivity contribution in [2.24, 2.45) is 0 Å². The van der Waals surface area contributed by atoms with Crippen LogP contribution < -0.4 is 5.32 Å². The van der Waals surface area contributed by atoms with Crippen LogP contribution in [-0.2, 0) is 28.5 Å². The predicted molar refractivity (Wildman–Crippen MR) is 87.7 cm³/mol. The van der Waals surface area contributed by atoms with Crippen LogP contribution in [0, 0.1) is 0 Å². The highest BCUT2D eigenvalue weighted by atomic mass is 16.6. The van der Waals surface area contributed by atoms with Crippen molar-refractivity contribution in [1.29, 1.82) is 0 Å². The lowest BCUT2D eigenvalue weighted by atomic mass is 10.1. The summed E-state index contributed by atoms with van der Waals surface area (Å²) < 4.78 is 21.0. The Morgan fingerprint density at radius 3 is 2.62 bits per heavy atom. The minimum Gasteiger partial charge on any atom is -0.479 e. The molecule has 2 N–H and O–H groups in total. The number of morpholine rings is 2. The monoisotopic (exact) mass is 374 g/mol. The van der Waals surface area contributed by atoms with Crippen LogP contribution >= 0.6 is 0 Å². The predicted octanol–water partition coefficient (Wildman–Crippen LogP) is -0.391. The molecule has 10 nitrogen and oxygen atoms in total. The largest absolute Gasteiger partial charge is 0.479 e. The zero-order valence-electron chi connectivity index (χ0n) is 15.1. The third kappa shape index (κ3) is 6.11. The first kappa shape index (κ1) is 20.4. The third-order valence-corrected chi connectivity index (χ3v) is 4.10. The standard InChI is InChI=1S/C16H26N2O8/c1-16(2,3-6-25-14(21)11-9-17-4-7-23-11)26-15(22)18-5-8-24-12(10-18)13(19)20/h11-12,17H,3-10H2,1-2H3,(H,19,20). The molecule has 0 aromatic heterocycles. The topological polar surface area (TPSA) is 124 Å². The highest BCUT2D eigenvalue weighted by Crippen LogP contribution is 2.18. The Balaban J connectivity index is 1.73. The summed E-state index contributed by atoms with van der Waals surface area (Å²) in [5, 5.41) is 12.0. The van der Waals surface area contributed by atoms with E-state index in [1.807, 2.05) is 0 Å². The maximum atomic E-state index is 12.2. The molecule has 0 radical (unpaired) electrons. The van der Waals surface area contributed by atoms with Gasteiger partial charge < -0.3 is 34.3 Å². The van der Waals surface area contributed by atoms with Gasteiger partial charge in [-0.2, -0.15) is 0 Å². The molecule has 2 aliphatic heterocycles. The number of hydrogen-bond donors (Lipinski definition) is 2. The smallest absolute Gasteiger partial charge is 0.410 e. The van der Waals surface area contributed by atoms with Gasteiger partial charge in [0.25, 0.3) is 0 Å². The molecule has 26 heavy (non-hydrogen) atoms. The Hall–Kier alpha value is -1.91. The second-order valence-corrected chi connectivity index (χ2v) is 6.75. The van der Waals surface area contributed by atoms with Crippen molar-refractivity contribution in [1.82, 2.24) is 10.2 Å². The first-order valence-corrected chi connectivity index (χ1v) is 8.60. The molecular formula is C16H26N2O8. The molecule has 2 saturated heterocycles. The van der Waals surface area contributed by atoms with Crippen LogP contribution in [0.15, 0.2) is 0 Å². The lowest BCUT2D eigenvalue weighted by molar-refractivity contribution is -0.159. The Bertz CT molecular complexity index is 518. The van der Waals surface area contributed by atoms with Gasteiger partial charge in [0.15, 0.2) is 12.2 Å². The highest BCUT2D eigenvalue weighted by Gasteiger charge is 2.33. The first-order chi connectivity index (χ1) is 12.3. The molecule has 0 spiro atoms. The number of carboxylic acids is 1.